The molecule has 0 N–H and O–H groups in total. The number of rotatable bonds is 3. The number of hydrazone groups is 1. The van der Waals surface area contributed by atoms with Gasteiger partial charge in [0.2, 0.25) is 0 Å². The van der Waals surface area contributed by atoms with Gasteiger partial charge in [-0.05, 0) is 24.3 Å². The van der Waals surface area contributed by atoms with Crippen LogP contribution in [0.15, 0.2) is 71.5 Å². The van der Waals surface area contributed by atoms with E-state index in [4.69, 9.17) is 16.3 Å². The summed E-state index contributed by atoms with van der Waals surface area (Å²) in [6.07, 6.45) is 1.48. The third-order valence-electron chi connectivity index (χ3n) is 3.38. The minimum absolute atomic E-state index is 0.352. The van der Waals surface area contributed by atoms with Crippen molar-refractivity contribution in [1.82, 2.24) is 0 Å². The minimum atomic E-state index is -0.352. The van der Waals surface area contributed by atoms with Crippen molar-refractivity contribution in [2.24, 2.45) is 5.10 Å². The molecule has 1 aliphatic rings. The smallest absolute Gasteiger partial charge is 0.307 e. The van der Waals surface area contributed by atoms with Gasteiger partial charge >= 0.3 is 5.97 Å². The lowest BCUT2D eigenvalue weighted by Crippen LogP contribution is -2.13. The number of hydrogen-bond donors (Lipinski definition) is 0. The first-order chi connectivity index (χ1) is 11.1. The van der Waals surface area contributed by atoms with Gasteiger partial charge in [0.25, 0.3) is 0 Å². The highest BCUT2D eigenvalue weighted by Gasteiger charge is 2.23. The Hall–Kier alpha value is -2.59. The van der Waals surface area contributed by atoms with Crippen LogP contribution < -0.4 is 5.01 Å². The van der Waals surface area contributed by atoms with Gasteiger partial charge in [-0.15, -0.1) is 0 Å². The Morgan fingerprint density at radius 1 is 1.17 bits per heavy atom. The second-order valence-corrected chi connectivity index (χ2v) is 5.54. The van der Waals surface area contributed by atoms with E-state index >= 15 is 0 Å². The Kier molecular flexibility index (Phi) is 4.44. The van der Waals surface area contributed by atoms with Gasteiger partial charge in [0, 0.05) is 23.1 Å². The van der Waals surface area contributed by atoms with Crippen molar-refractivity contribution >= 4 is 29.0 Å². The fraction of sp³-hybridized carbons (Fsp3) is 0.111. The van der Waals surface area contributed by atoms with E-state index in [-0.39, 0.29) is 5.97 Å². The topological polar surface area (TPSA) is 41.9 Å². The average molecular weight is 327 g/mol. The minimum Gasteiger partial charge on any atom is -0.434 e. The number of carbonyl (C=O) groups excluding carboxylic acids is 1. The molecular formula is C18H15ClN2O2. The van der Waals surface area contributed by atoms with Gasteiger partial charge < -0.3 is 4.74 Å². The number of esters is 1. The third-order valence-corrected chi connectivity index (χ3v) is 3.64. The van der Waals surface area contributed by atoms with E-state index in [1.807, 2.05) is 59.6 Å². The number of anilines is 1. The zero-order valence-corrected chi connectivity index (χ0v) is 13.3. The van der Waals surface area contributed by atoms with Crippen LogP contribution in [-0.4, -0.2) is 18.2 Å². The van der Waals surface area contributed by atoms with Crippen LogP contribution in [0.2, 0.25) is 5.02 Å². The Morgan fingerprint density at radius 2 is 1.87 bits per heavy atom. The largest absolute Gasteiger partial charge is 0.434 e. The molecule has 0 fully saturated rings. The van der Waals surface area contributed by atoms with Crippen molar-refractivity contribution < 1.29 is 9.53 Å². The summed E-state index contributed by atoms with van der Waals surface area (Å²) in [6.45, 7) is 1.90. The molecule has 0 atom stereocenters. The first kappa shape index (κ1) is 15.3. The molecule has 116 valence electrons. The van der Waals surface area contributed by atoms with Crippen LogP contribution in [0.4, 0.5) is 5.69 Å². The number of halogens is 1. The molecule has 0 bridgehead atoms. The van der Waals surface area contributed by atoms with Gasteiger partial charge in [-0.1, -0.05) is 41.9 Å². The number of benzene rings is 2. The summed E-state index contributed by atoms with van der Waals surface area (Å²) in [6, 6.07) is 17.3. The van der Waals surface area contributed by atoms with Gasteiger partial charge in [0.15, 0.2) is 0 Å². The fourth-order valence-electron chi connectivity index (χ4n) is 2.31. The highest BCUT2D eigenvalue weighted by molar-refractivity contribution is 6.30. The van der Waals surface area contributed by atoms with E-state index in [1.54, 1.807) is 0 Å². The molecule has 3 rings (SSSR count). The quantitative estimate of drug-likeness (QED) is 0.632. The predicted molar refractivity (Wildman–Crippen MR) is 91.6 cm³/mol. The van der Waals surface area contributed by atoms with Crippen LogP contribution in [0.1, 0.15) is 12.5 Å². The Balaban J connectivity index is 1.96. The summed E-state index contributed by atoms with van der Waals surface area (Å²) in [5.41, 5.74) is 3.54. The zero-order valence-electron chi connectivity index (χ0n) is 12.6. The van der Waals surface area contributed by atoms with E-state index in [0.29, 0.717) is 11.6 Å². The standard InChI is InChI=1S/C18H15ClN2O2/c1-13(22)23-12-15-11-21(17-9-7-16(19)8-10-17)20-18(15)14-5-3-2-4-6-14/h2-10,12H,11H2,1H3/b15-12+. The van der Waals surface area contributed by atoms with Gasteiger partial charge in [-0.2, -0.15) is 5.10 Å². The molecule has 0 amide bonds. The molecule has 0 saturated heterocycles. The van der Waals surface area contributed by atoms with Crippen molar-refractivity contribution in [2.45, 2.75) is 6.92 Å². The molecule has 0 aromatic heterocycles. The Labute approximate surface area is 139 Å². The summed E-state index contributed by atoms with van der Waals surface area (Å²) in [5.74, 6) is -0.352. The fourth-order valence-corrected chi connectivity index (χ4v) is 2.43. The van der Waals surface area contributed by atoms with E-state index in [2.05, 4.69) is 5.10 Å². The highest BCUT2D eigenvalue weighted by Crippen LogP contribution is 2.26. The molecule has 2 aromatic carbocycles. The lowest BCUT2D eigenvalue weighted by molar-refractivity contribution is -0.135. The van der Waals surface area contributed by atoms with E-state index in [9.17, 15) is 4.79 Å². The molecular weight excluding hydrogens is 312 g/mol. The second kappa shape index (κ2) is 6.67. The lowest BCUT2D eigenvalue weighted by atomic mass is 10.0. The van der Waals surface area contributed by atoms with Gasteiger partial charge in [0.05, 0.1) is 17.9 Å². The first-order valence-corrected chi connectivity index (χ1v) is 7.55. The molecule has 0 aliphatic carbocycles. The van der Waals surface area contributed by atoms with Crippen molar-refractivity contribution in [2.75, 3.05) is 11.6 Å². The molecule has 23 heavy (non-hydrogen) atoms. The zero-order chi connectivity index (χ0) is 16.2. The number of hydrogen-bond acceptors (Lipinski definition) is 4. The van der Waals surface area contributed by atoms with Crippen LogP contribution in [0.5, 0.6) is 0 Å². The van der Waals surface area contributed by atoms with Gasteiger partial charge in [-0.3, -0.25) is 9.80 Å². The Morgan fingerprint density at radius 3 is 2.52 bits per heavy atom. The molecule has 0 spiro atoms. The second-order valence-electron chi connectivity index (χ2n) is 5.10. The number of carbonyl (C=O) groups is 1. The molecule has 1 heterocycles. The van der Waals surface area contributed by atoms with Crippen molar-refractivity contribution in [3.05, 3.63) is 77.0 Å². The predicted octanol–water partition coefficient (Wildman–Crippen LogP) is 4.01. The number of ether oxygens (including phenoxy) is 1. The van der Waals surface area contributed by atoms with Crippen LogP contribution >= 0.6 is 11.6 Å². The van der Waals surface area contributed by atoms with Crippen molar-refractivity contribution in [3.8, 4) is 0 Å². The third kappa shape index (κ3) is 3.60. The van der Waals surface area contributed by atoms with Gasteiger partial charge in [0.1, 0.15) is 6.26 Å². The molecule has 1 aliphatic heterocycles. The summed E-state index contributed by atoms with van der Waals surface area (Å²) < 4.78 is 5.05. The normalized spacial score (nSPS) is 15.7. The van der Waals surface area contributed by atoms with Crippen LogP contribution in [-0.2, 0) is 9.53 Å². The maximum Gasteiger partial charge on any atom is 0.307 e. The summed E-state index contributed by atoms with van der Waals surface area (Å²) in [5, 5.41) is 7.20. The number of nitrogens with zero attached hydrogens (tertiary/aromatic N) is 2. The first-order valence-electron chi connectivity index (χ1n) is 7.17. The van der Waals surface area contributed by atoms with E-state index in [0.717, 1.165) is 22.5 Å². The SMILES string of the molecule is CC(=O)O/C=C1\CN(c2ccc(Cl)cc2)N=C1c1ccccc1. The van der Waals surface area contributed by atoms with Crippen LogP contribution in [0.3, 0.4) is 0 Å². The van der Waals surface area contributed by atoms with Crippen LogP contribution in [0.25, 0.3) is 0 Å². The molecule has 0 radical (unpaired) electrons. The lowest BCUT2D eigenvalue weighted by Gasteiger charge is -2.13. The maximum absolute atomic E-state index is 11.1. The van der Waals surface area contributed by atoms with Crippen LogP contribution in [0, 0.1) is 0 Å². The highest BCUT2D eigenvalue weighted by atomic mass is 35.5. The van der Waals surface area contributed by atoms with E-state index in [1.165, 1.54) is 13.2 Å². The monoisotopic (exact) mass is 326 g/mol. The Bertz CT molecular complexity index is 767. The van der Waals surface area contributed by atoms with Gasteiger partial charge in [-0.25, -0.2) is 0 Å². The molecule has 4 nitrogen and oxygen atoms in total. The molecule has 2 aromatic rings. The van der Waals surface area contributed by atoms with Crippen molar-refractivity contribution in [3.63, 3.8) is 0 Å². The average Bonchev–Trinajstić information content (AvgIpc) is 2.98. The molecule has 0 saturated carbocycles. The maximum atomic E-state index is 11.1. The summed E-state index contributed by atoms with van der Waals surface area (Å²) in [7, 11) is 0. The molecule has 0 unspecified atom stereocenters. The van der Waals surface area contributed by atoms with E-state index < -0.39 is 0 Å². The summed E-state index contributed by atoms with van der Waals surface area (Å²) in [4.78, 5) is 11.1. The van der Waals surface area contributed by atoms with Crippen molar-refractivity contribution in [1.29, 1.82) is 0 Å². The summed E-state index contributed by atoms with van der Waals surface area (Å²) >= 11 is 5.93. The molecule has 5 heteroatoms.